The Morgan fingerprint density at radius 3 is 2.47 bits per heavy atom. The van der Waals surface area contributed by atoms with Crippen LogP contribution in [0.2, 0.25) is 0 Å². The Balaban J connectivity index is 2.59. The second kappa shape index (κ2) is 5.80. The van der Waals surface area contributed by atoms with E-state index >= 15 is 0 Å². The summed E-state index contributed by atoms with van der Waals surface area (Å²) in [6, 6.07) is 9.19. The topological polar surface area (TPSA) is 69.6 Å². The van der Waals surface area contributed by atoms with Crippen molar-refractivity contribution in [2.75, 3.05) is 6.54 Å². The lowest BCUT2D eigenvalue weighted by atomic mass is 9.98. The molecule has 0 fully saturated rings. The third-order valence-electron chi connectivity index (χ3n) is 3.05. The van der Waals surface area contributed by atoms with Gasteiger partial charge in [-0.3, -0.25) is 10.1 Å². The van der Waals surface area contributed by atoms with Crippen molar-refractivity contribution in [2.45, 2.75) is 31.9 Å². The molecule has 0 amide bonds. The van der Waals surface area contributed by atoms with Gasteiger partial charge in [0.25, 0.3) is 0 Å². The minimum Gasteiger partial charge on any atom is -0.480 e. The van der Waals surface area contributed by atoms with Crippen LogP contribution in [0.5, 0.6) is 0 Å². The molecule has 0 saturated carbocycles. The van der Waals surface area contributed by atoms with Gasteiger partial charge >= 0.3 is 5.97 Å². The molecule has 0 radical (unpaired) electrons. The SMILES string of the molecule is CCC(C)(NCC(O)c1ccccc1)C(=O)O. The first-order valence-corrected chi connectivity index (χ1v) is 5.71. The van der Waals surface area contributed by atoms with E-state index in [-0.39, 0.29) is 6.54 Å². The van der Waals surface area contributed by atoms with Crippen LogP contribution < -0.4 is 5.32 Å². The van der Waals surface area contributed by atoms with E-state index in [9.17, 15) is 9.90 Å². The summed E-state index contributed by atoms with van der Waals surface area (Å²) >= 11 is 0. The summed E-state index contributed by atoms with van der Waals surface area (Å²) in [4.78, 5) is 11.1. The van der Waals surface area contributed by atoms with Crippen LogP contribution in [0.3, 0.4) is 0 Å². The number of aliphatic carboxylic acids is 1. The molecular formula is C13H19NO3. The zero-order valence-corrected chi connectivity index (χ0v) is 10.2. The molecule has 94 valence electrons. The Morgan fingerprint density at radius 2 is 2.00 bits per heavy atom. The lowest BCUT2D eigenvalue weighted by molar-refractivity contribution is -0.144. The lowest BCUT2D eigenvalue weighted by Gasteiger charge is -2.26. The van der Waals surface area contributed by atoms with Crippen LogP contribution in [0, 0.1) is 0 Å². The number of nitrogens with one attached hydrogen (secondary N) is 1. The fraction of sp³-hybridized carbons (Fsp3) is 0.462. The van der Waals surface area contributed by atoms with E-state index in [2.05, 4.69) is 5.32 Å². The fourth-order valence-corrected chi connectivity index (χ4v) is 1.47. The highest BCUT2D eigenvalue weighted by atomic mass is 16.4. The van der Waals surface area contributed by atoms with Gasteiger partial charge in [-0.05, 0) is 18.9 Å². The number of aliphatic hydroxyl groups excluding tert-OH is 1. The first-order chi connectivity index (χ1) is 7.99. The molecule has 4 heteroatoms. The van der Waals surface area contributed by atoms with Crippen LogP contribution in [0.25, 0.3) is 0 Å². The van der Waals surface area contributed by atoms with Crippen LogP contribution in [-0.4, -0.2) is 28.3 Å². The first-order valence-electron chi connectivity index (χ1n) is 5.71. The van der Waals surface area contributed by atoms with Crippen LogP contribution in [0.15, 0.2) is 30.3 Å². The highest BCUT2D eigenvalue weighted by Crippen LogP contribution is 2.14. The molecule has 0 aliphatic rings. The summed E-state index contributed by atoms with van der Waals surface area (Å²) < 4.78 is 0. The summed E-state index contributed by atoms with van der Waals surface area (Å²) in [7, 11) is 0. The van der Waals surface area contributed by atoms with Crippen molar-refractivity contribution in [3.63, 3.8) is 0 Å². The maximum Gasteiger partial charge on any atom is 0.323 e. The van der Waals surface area contributed by atoms with Gasteiger partial charge in [0.15, 0.2) is 0 Å². The zero-order valence-electron chi connectivity index (χ0n) is 10.2. The van der Waals surface area contributed by atoms with E-state index in [0.29, 0.717) is 6.42 Å². The Morgan fingerprint density at radius 1 is 1.41 bits per heavy atom. The van der Waals surface area contributed by atoms with Gasteiger partial charge in [0.2, 0.25) is 0 Å². The fourth-order valence-electron chi connectivity index (χ4n) is 1.47. The van der Waals surface area contributed by atoms with Crippen molar-refractivity contribution in [1.29, 1.82) is 0 Å². The third-order valence-corrected chi connectivity index (χ3v) is 3.05. The lowest BCUT2D eigenvalue weighted by Crippen LogP contribution is -2.50. The number of β-amino-alcohol motifs (C(OH)–C–C–N with tert-alkyl or cyclic N) is 1. The number of benzene rings is 1. The molecule has 2 atom stereocenters. The van der Waals surface area contributed by atoms with Crippen LogP contribution in [0.1, 0.15) is 31.9 Å². The Hall–Kier alpha value is -1.39. The van der Waals surface area contributed by atoms with Gasteiger partial charge < -0.3 is 10.2 Å². The predicted octanol–water partition coefficient (Wildman–Crippen LogP) is 1.56. The van der Waals surface area contributed by atoms with Gasteiger partial charge in [-0.2, -0.15) is 0 Å². The highest BCUT2D eigenvalue weighted by molar-refractivity contribution is 5.78. The quantitative estimate of drug-likeness (QED) is 0.702. The summed E-state index contributed by atoms with van der Waals surface area (Å²) in [6.45, 7) is 3.64. The molecule has 17 heavy (non-hydrogen) atoms. The van der Waals surface area contributed by atoms with Crippen molar-refractivity contribution in [3.05, 3.63) is 35.9 Å². The molecule has 0 aliphatic heterocycles. The Kier molecular flexibility index (Phi) is 4.66. The summed E-state index contributed by atoms with van der Waals surface area (Å²) in [5, 5.41) is 21.9. The molecule has 1 aromatic rings. The molecule has 1 rings (SSSR count). The van der Waals surface area contributed by atoms with Crippen LogP contribution >= 0.6 is 0 Å². The maximum absolute atomic E-state index is 11.1. The number of carbonyl (C=O) groups is 1. The molecule has 3 N–H and O–H groups in total. The molecule has 0 aromatic heterocycles. The smallest absolute Gasteiger partial charge is 0.323 e. The number of rotatable bonds is 6. The van der Waals surface area contributed by atoms with Crippen molar-refractivity contribution in [3.8, 4) is 0 Å². The number of carboxylic acid groups (broad SMARTS) is 1. The van der Waals surface area contributed by atoms with Crippen molar-refractivity contribution >= 4 is 5.97 Å². The minimum atomic E-state index is -0.990. The maximum atomic E-state index is 11.1. The summed E-state index contributed by atoms with van der Waals surface area (Å²) in [6.07, 6.45) is -0.231. The van der Waals surface area contributed by atoms with Crippen LogP contribution in [-0.2, 0) is 4.79 Å². The normalized spacial score (nSPS) is 16.2. The first kappa shape index (κ1) is 13.7. The molecule has 0 heterocycles. The third kappa shape index (κ3) is 3.54. The van der Waals surface area contributed by atoms with E-state index in [1.54, 1.807) is 13.8 Å². The number of hydrogen-bond acceptors (Lipinski definition) is 3. The predicted molar refractivity (Wildman–Crippen MR) is 65.7 cm³/mol. The van der Waals surface area contributed by atoms with Gasteiger partial charge in [0, 0.05) is 6.54 Å². The van der Waals surface area contributed by atoms with E-state index in [4.69, 9.17) is 5.11 Å². The Bertz CT molecular complexity index is 366. The van der Waals surface area contributed by atoms with E-state index in [1.807, 2.05) is 30.3 Å². The average Bonchev–Trinajstić information content (AvgIpc) is 2.36. The Labute approximate surface area is 101 Å². The monoisotopic (exact) mass is 237 g/mol. The summed E-state index contributed by atoms with van der Waals surface area (Å²) in [5.41, 5.74) is -0.209. The van der Waals surface area contributed by atoms with Gasteiger partial charge in [-0.15, -0.1) is 0 Å². The van der Waals surface area contributed by atoms with Gasteiger partial charge in [-0.1, -0.05) is 37.3 Å². The van der Waals surface area contributed by atoms with Gasteiger partial charge in [0.1, 0.15) is 5.54 Å². The highest BCUT2D eigenvalue weighted by Gasteiger charge is 2.30. The molecule has 0 saturated heterocycles. The van der Waals surface area contributed by atoms with Crippen molar-refractivity contribution in [2.24, 2.45) is 0 Å². The van der Waals surface area contributed by atoms with E-state index in [1.165, 1.54) is 0 Å². The van der Waals surface area contributed by atoms with Crippen molar-refractivity contribution in [1.82, 2.24) is 5.32 Å². The molecule has 1 aromatic carbocycles. The number of hydrogen-bond donors (Lipinski definition) is 3. The molecular weight excluding hydrogens is 218 g/mol. The van der Waals surface area contributed by atoms with Gasteiger partial charge in [0.05, 0.1) is 6.10 Å². The van der Waals surface area contributed by atoms with Crippen LogP contribution in [0.4, 0.5) is 0 Å². The molecule has 0 bridgehead atoms. The second-order valence-corrected chi connectivity index (χ2v) is 4.30. The largest absolute Gasteiger partial charge is 0.480 e. The molecule has 2 unspecified atom stereocenters. The van der Waals surface area contributed by atoms with E-state index < -0.39 is 17.6 Å². The zero-order chi connectivity index (χ0) is 12.9. The molecule has 4 nitrogen and oxygen atoms in total. The number of carboxylic acids is 1. The van der Waals surface area contributed by atoms with Crippen molar-refractivity contribution < 1.29 is 15.0 Å². The number of aliphatic hydroxyl groups is 1. The standard InChI is InChI=1S/C13H19NO3/c1-3-13(2,12(16)17)14-9-11(15)10-7-5-4-6-8-10/h4-8,11,14-15H,3,9H2,1-2H3,(H,16,17). The average molecular weight is 237 g/mol. The molecule has 0 spiro atoms. The second-order valence-electron chi connectivity index (χ2n) is 4.30. The minimum absolute atomic E-state index is 0.223. The van der Waals surface area contributed by atoms with Gasteiger partial charge in [-0.25, -0.2) is 0 Å². The molecule has 0 aliphatic carbocycles. The summed E-state index contributed by atoms with van der Waals surface area (Å²) in [5.74, 6) is -0.903. The van der Waals surface area contributed by atoms with E-state index in [0.717, 1.165) is 5.56 Å².